The molecule has 0 fully saturated rings. The van der Waals surface area contributed by atoms with Crippen LogP contribution in [-0.4, -0.2) is 33.8 Å². The number of rotatable bonds is 8. The highest BCUT2D eigenvalue weighted by Crippen LogP contribution is 2.28. The second kappa shape index (κ2) is 8.79. The second-order valence-electron chi connectivity index (χ2n) is 5.03. The highest BCUT2D eigenvalue weighted by molar-refractivity contribution is 5.94. The molecule has 0 atom stereocenters. The third-order valence-electron chi connectivity index (χ3n) is 3.47. The number of methoxy groups -OCH3 is 3. The molecule has 0 saturated heterocycles. The van der Waals surface area contributed by atoms with E-state index in [1.807, 2.05) is 24.3 Å². The van der Waals surface area contributed by atoms with Gasteiger partial charge in [-0.3, -0.25) is 4.79 Å². The Kier molecular flexibility index (Phi) is 6.45. The monoisotopic (exact) mass is 330 g/mol. The van der Waals surface area contributed by atoms with E-state index in [2.05, 4.69) is 10.6 Å². The van der Waals surface area contributed by atoms with Crippen LogP contribution in [0.2, 0.25) is 0 Å². The van der Waals surface area contributed by atoms with Crippen LogP contribution in [0.4, 0.5) is 5.69 Å². The Hall–Kier alpha value is -2.73. The van der Waals surface area contributed by atoms with Crippen LogP contribution < -0.4 is 24.8 Å². The van der Waals surface area contributed by atoms with Crippen LogP contribution in [0.25, 0.3) is 0 Å². The van der Waals surface area contributed by atoms with E-state index in [0.717, 1.165) is 11.3 Å². The van der Waals surface area contributed by atoms with Gasteiger partial charge in [0.1, 0.15) is 17.2 Å². The predicted octanol–water partition coefficient (Wildman–Crippen LogP) is 2.44. The largest absolute Gasteiger partial charge is 0.497 e. The molecule has 0 unspecified atom stereocenters. The van der Waals surface area contributed by atoms with Crippen molar-refractivity contribution in [3.8, 4) is 17.2 Å². The first-order valence-electron chi connectivity index (χ1n) is 7.52. The van der Waals surface area contributed by atoms with Crippen molar-refractivity contribution in [2.75, 3.05) is 33.2 Å². The first kappa shape index (κ1) is 17.6. The first-order valence-corrected chi connectivity index (χ1v) is 7.52. The lowest BCUT2D eigenvalue weighted by Crippen LogP contribution is -2.28. The Labute approximate surface area is 141 Å². The van der Waals surface area contributed by atoms with E-state index < -0.39 is 0 Å². The lowest BCUT2D eigenvalue weighted by molar-refractivity contribution is -0.115. The van der Waals surface area contributed by atoms with Gasteiger partial charge in [0.05, 0.1) is 33.6 Å². The molecule has 0 saturated carbocycles. The lowest BCUT2D eigenvalue weighted by atomic mass is 10.2. The number of ether oxygens (including phenoxy) is 3. The number of hydrogen-bond donors (Lipinski definition) is 2. The molecule has 6 nitrogen and oxygen atoms in total. The smallest absolute Gasteiger partial charge is 0.238 e. The van der Waals surface area contributed by atoms with Crippen LogP contribution in [0, 0.1) is 0 Å². The molecule has 0 radical (unpaired) electrons. The molecule has 0 aliphatic rings. The molecule has 2 N–H and O–H groups in total. The Balaban J connectivity index is 1.92. The number of amides is 1. The number of benzene rings is 2. The van der Waals surface area contributed by atoms with Gasteiger partial charge in [0.15, 0.2) is 0 Å². The Morgan fingerprint density at radius 2 is 1.71 bits per heavy atom. The van der Waals surface area contributed by atoms with Crippen LogP contribution in [0.15, 0.2) is 42.5 Å². The van der Waals surface area contributed by atoms with Gasteiger partial charge in [0, 0.05) is 18.2 Å². The molecule has 24 heavy (non-hydrogen) atoms. The molecule has 0 bridgehead atoms. The fraction of sp³-hybridized carbons (Fsp3) is 0.278. The zero-order valence-corrected chi connectivity index (χ0v) is 14.1. The van der Waals surface area contributed by atoms with Gasteiger partial charge in [-0.15, -0.1) is 0 Å². The van der Waals surface area contributed by atoms with Gasteiger partial charge in [-0.25, -0.2) is 0 Å². The number of carbonyl (C=O) groups is 1. The van der Waals surface area contributed by atoms with Crippen LogP contribution in [-0.2, 0) is 11.3 Å². The summed E-state index contributed by atoms with van der Waals surface area (Å²) in [4.78, 5) is 12.1. The van der Waals surface area contributed by atoms with Gasteiger partial charge in [0.25, 0.3) is 0 Å². The summed E-state index contributed by atoms with van der Waals surface area (Å²) < 4.78 is 15.7. The second-order valence-corrected chi connectivity index (χ2v) is 5.03. The normalized spacial score (nSPS) is 10.1. The molecule has 1 amide bonds. The summed E-state index contributed by atoms with van der Waals surface area (Å²) in [5.41, 5.74) is 1.56. The maximum atomic E-state index is 12.1. The molecule has 2 rings (SSSR count). The standard InChI is InChI=1S/C18H22N2O4/c1-22-14-8-9-17(24-3)15(10-14)20-18(21)12-19-11-13-6-4-5-7-16(13)23-2/h4-10,19H,11-12H2,1-3H3,(H,20,21). The van der Waals surface area contributed by atoms with E-state index in [9.17, 15) is 4.79 Å². The molecule has 2 aromatic rings. The van der Waals surface area contributed by atoms with Crippen molar-refractivity contribution in [1.82, 2.24) is 5.32 Å². The number of nitrogens with one attached hydrogen (secondary N) is 2. The predicted molar refractivity (Wildman–Crippen MR) is 92.9 cm³/mol. The van der Waals surface area contributed by atoms with E-state index in [1.54, 1.807) is 39.5 Å². The number of hydrogen-bond acceptors (Lipinski definition) is 5. The number of carbonyl (C=O) groups excluding carboxylic acids is 1. The maximum absolute atomic E-state index is 12.1. The minimum Gasteiger partial charge on any atom is -0.497 e. The van der Waals surface area contributed by atoms with Gasteiger partial charge in [-0.05, 0) is 18.2 Å². The molecular formula is C18H22N2O4. The van der Waals surface area contributed by atoms with Crippen LogP contribution in [0.3, 0.4) is 0 Å². The molecule has 0 aliphatic carbocycles. The van der Waals surface area contributed by atoms with E-state index in [-0.39, 0.29) is 12.5 Å². The summed E-state index contributed by atoms with van der Waals surface area (Å²) in [6.45, 7) is 0.699. The van der Waals surface area contributed by atoms with Gasteiger partial charge < -0.3 is 24.8 Å². The molecule has 0 aromatic heterocycles. The fourth-order valence-corrected chi connectivity index (χ4v) is 2.27. The highest BCUT2D eigenvalue weighted by Gasteiger charge is 2.09. The van der Waals surface area contributed by atoms with Crippen molar-refractivity contribution in [2.45, 2.75) is 6.54 Å². The van der Waals surface area contributed by atoms with Gasteiger partial charge in [-0.1, -0.05) is 18.2 Å². The van der Waals surface area contributed by atoms with Crippen molar-refractivity contribution >= 4 is 11.6 Å². The molecule has 0 heterocycles. The summed E-state index contributed by atoms with van der Waals surface area (Å²) in [6.07, 6.45) is 0. The van der Waals surface area contributed by atoms with E-state index in [0.29, 0.717) is 23.7 Å². The van der Waals surface area contributed by atoms with E-state index in [4.69, 9.17) is 14.2 Å². The summed E-state index contributed by atoms with van der Waals surface area (Å²) in [7, 11) is 4.75. The maximum Gasteiger partial charge on any atom is 0.238 e. The molecule has 0 spiro atoms. The lowest BCUT2D eigenvalue weighted by Gasteiger charge is -2.12. The number of para-hydroxylation sites is 1. The van der Waals surface area contributed by atoms with Crippen molar-refractivity contribution in [3.63, 3.8) is 0 Å². The third-order valence-corrected chi connectivity index (χ3v) is 3.47. The van der Waals surface area contributed by atoms with E-state index in [1.165, 1.54) is 0 Å². The SMILES string of the molecule is COc1ccc(OC)c(NC(=O)CNCc2ccccc2OC)c1. The first-order chi connectivity index (χ1) is 11.7. The summed E-state index contributed by atoms with van der Waals surface area (Å²) in [5, 5.41) is 5.91. The Bertz CT molecular complexity index is 688. The summed E-state index contributed by atoms with van der Waals surface area (Å²) in [5.74, 6) is 1.85. The van der Waals surface area contributed by atoms with Crippen LogP contribution in [0.5, 0.6) is 17.2 Å². The van der Waals surface area contributed by atoms with Crippen molar-refractivity contribution < 1.29 is 19.0 Å². The van der Waals surface area contributed by atoms with Crippen LogP contribution >= 0.6 is 0 Å². The molecule has 128 valence electrons. The van der Waals surface area contributed by atoms with Crippen molar-refractivity contribution in [1.29, 1.82) is 0 Å². The van der Waals surface area contributed by atoms with Crippen LogP contribution in [0.1, 0.15) is 5.56 Å². The average molecular weight is 330 g/mol. The zero-order valence-electron chi connectivity index (χ0n) is 14.1. The minimum absolute atomic E-state index is 0.165. The Morgan fingerprint density at radius 1 is 0.958 bits per heavy atom. The topological polar surface area (TPSA) is 68.8 Å². The molecular weight excluding hydrogens is 308 g/mol. The van der Waals surface area contributed by atoms with E-state index >= 15 is 0 Å². The highest BCUT2D eigenvalue weighted by atomic mass is 16.5. The zero-order chi connectivity index (χ0) is 17.4. The molecule has 2 aromatic carbocycles. The summed E-state index contributed by atoms with van der Waals surface area (Å²) >= 11 is 0. The third kappa shape index (κ3) is 4.63. The van der Waals surface area contributed by atoms with Gasteiger partial charge in [0.2, 0.25) is 5.91 Å². The van der Waals surface area contributed by atoms with Crippen molar-refractivity contribution in [3.05, 3.63) is 48.0 Å². The van der Waals surface area contributed by atoms with Gasteiger partial charge in [-0.2, -0.15) is 0 Å². The fourth-order valence-electron chi connectivity index (χ4n) is 2.27. The molecule has 0 aliphatic heterocycles. The van der Waals surface area contributed by atoms with Crippen molar-refractivity contribution in [2.24, 2.45) is 0 Å². The minimum atomic E-state index is -0.170. The van der Waals surface area contributed by atoms with Gasteiger partial charge >= 0.3 is 0 Å². The quantitative estimate of drug-likeness (QED) is 0.778. The Morgan fingerprint density at radius 3 is 2.42 bits per heavy atom. The number of anilines is 1. The summed E-state index contributed by atoms with van der Waals surface area (Å²) in [6, 6.07) is 12.9. The molecule has 6 heteroatoms. The average Bonchev–Trinajstić information content (AvgIpc) is 2.62.